The second kappa shape index (κ2) is 4.95. The molecule has 0 aromatic heterocycles. The molecule has 1 saturated heterocycles. The highest BCUT2D eigenvalue weighted by atomic mass is 79.9. The fraction of sp³-hybridized carbons (Fsp3) is 0.550. The van der Waals surface area contributed by atoms with Crippen LogP contribution in [0.1, 0.15) is 51.7 Å². The number of allylic oxidation sites excluding steroid dienone is 1. The predicted molar refractivity (Wildman–Crippen MR) is 93.8 cm³/mol. The summed E-state index contributed by atoms with van der Waals surface area (Å²) in [6.07, 6.45) is 5.74. The van der Waals surface area contributed by atoms with Crippen LogP contribution < -0.4 is 0 Å². The Balaban J connectivity index is 1.78. The number of halogens is 1. The summed E-state index contributed by atoms with van der Waals surface area (Å²) >= 11 is 3.49. The fourth-order valence-electron chi connectivity index (χ4n) is 5.32. The number of ether oxygens (including phenoxy) is 1. The molecular formula is C20H23BrO2. The molecule has 0 unspecified atom stereocenters. The maximum atomic E-state index is 12.5. The molecule has 1 aromatic carbocycles. The number of hydrogen-bond donors (Lipinski definition) is 0. The summed E-state index contributed by atoms with van der Waals surface area (Å²) in [6, 6.07) is 8.24. The molecule has 0 spiro atoms. The SMILES string of the molecule is CC1(C)CCC[C@@]2(C)C1=C[C@H]1C(=O)O[C@H](c3ccc(Br)cc3)[C@H]12. The molecule has 1 saturated carbocycles. The van der Waals surface area contributed by atoms with Crippen molar-refractivity contribution in [3.63, 3.8) is 0 Å². The van der Waals surface area contributed by atoms with E-state index in [9.17, 15) is 4.79 Å². The minimum atomic E-state index is -0.117. The molecule has 23 heavy (non-hydrogen) atoms. The summed E-state index contributed by atoms with van der Waals surface area (Å²) in [4.78, 5) is 12.5. The highest BCUT2D eigenvalue weighted by molar-refractivity contribution is 9.10. The number of carbonyl (C=O) groups is 1. The van der Waals surface area contributed by atoms with Gasteiger partial charge in [-0.25, -0.2) is 0 Å². The van der Waals surface area contributed by atoms with Gasteiger partial charge in [0.2, 0.25) is 0 Å². The highest BCUT2D eigenvalue weighted by Gasteiger charge is 2.61. The van der Waals surface area contributed by atoms with Gasteiger partial charge in [0.15, 0.2) is 0 Å². The van der Waals surface area contributed by atoms with Crippen LogP contribution in [0, 0.1) is 22.7 Å². The number of cyclic esters (lactones) is 1. The van der Waals surface area contributed by atoms with Crippen molar-refractivity contribution in [2.24, 2.45) is 22.7 Å². The van der Waals surface area contributed by atoms with Crippen LogP contribution in [0.2, 0.25) is 0 Å². The van der Waals surface area contributed by atoms with Crippen LogP contribution in [-0.2, 0) is 9.53 Å². The monoisotopic (exact) mass is 374 g/mol. The Hall–Kier alpha value is -1.09. The van der Waals surface area contributed by atoms with E-state index < -0.39 is 0 Å². The van der Waals surface area contributed by atoms with Crippen LogP contribution >= 0.6 is 15.9 Å². The van der Waals surface area contributed by atoms with Crippen molar-refractivity contribution in [3.8, 4) is 0 Å². The Labute approximate surface area is 146 Å². The Bertz CT molecular complexity index is 688. The predicted octanol–water partition coefficient (Wildman–Crippen LogP) is 5.44. The lowest BCUT2D eigenvalue weighted by Gasteiger charge is -2.47. The first-order valence-electron chi connectivity index (χ1n) is 8.52. The van der Waals surface area contributed by atoms with Crippen molar-refractivity contribution in [2.45, 2.75) is 46.1 Å². The van der Waals surface area contributed by atoms with E-state index in [2.05, 4.69) is 54.9 Å². The summed E-state index contributed by atoms with van der Waals surface area (Å²) in [7, 11) is 0. The lowest BCUT2D eigenvalue weighted by atomic mass is 9.57. The van der Waals surface area contributed by atoms with Gasteiger partial charge in [0.1, 0.15) is 6.10 Å². The lowest BCUT2D eigenvalue weighted by Crippen LogP contribution is -2.38. The van der Waals surface area contributed by atoms with Gasteiger partial charge in [-0.3, -0.25) is 4.79 Å². The quantitative estimate of drug-likeness (QED) is 0.483. The van der Waals surface area contributed by atoms with Crippen LogP contribution in [-0.4, -0.2) is 5.97 Å². The summed E-state index contributed by atoms with van der Waals surface area (Å²) in [5.41, 5.74) is 2.89. The minimum Gasteiger partial charge on any atom is -0.457 e. The van der Waals surface area contributed by atoms with Crippen molar-refractivity contribution < 1.29 is 9.53 Å². The van der Waals surface area contributed by atoms with Gasteiger partial charge < -0.3 is 4.74 Å². The van der Waals surface area contributed by atoms with Crippen molar-refractivity contribution in [1.29, 1.82) is 0 Å². The molecule has 3 heteroatoms. The van der Waals surface area contributed by atoms with Gasteiger partial charge in [-0.1, -0.05) is 66.9 Å². The molecule has 0 amide bonds. The number of rotatable bonds is 1. The third kappa shape index (κ3) is 2.15. The van der Waals surface area contributed by atoms with E-state index in [1.807, 2.05) is 12.1 Å². The third-order valence-electron chi connectivity index (χ3n) is 6.35. The molecule has 4 rings (SSSR count). The molecule has 2 aliphatic carbocycles. The van der Waals surface area contributed by atoms with Crippen LogP contribution in [0.3, 0.4) is 0 Å². The van der Waals surface area contributed by atoms with E-state index in [0.717, 1.165) is 16.5 Å². The van der Waals surface area contributed by atoms with E-state index in [1.165, 1.54) is 18.4 Å². The Morgan fingerprint density at radius 1 is 1.13 bits per heavy atom. The molecule has 1 aliphatic heterocycles. The first kappa shape index (κ1) is 15.4. The Morgan fingerprint density at radius 2 is 1.83 bits per heavy atom. The van der Waals surface area contributed by atoms with Crippen LogP contribution in [0.25, 0.3) is 0 Å². The lowest BCUT2D eigenvalue weighted by molar-refractivity contribution is -0.143. The molecule has 0 radical (unpaired) electrons. The number of hydrogen-bond acceptors (Lipinski definition) is 2. The van der Waals surface area contributed by atoms with Crippen molar-refractivity contribution in [1.82, 2.24) is 0 Å². The maximum absolute atomic E-state index is 12.5. The van der Waals surface area contributed by atoms with Gasteiger partial charge in [-0.2, -0.15) is 0 Å². The number of benzene rings is 1. The molecule has 1 aromatic rings. The average Bonchev–Trinajstić information content (AvgIpc) is 2.97. The second-order valence-electron chi connectivity index (χ2n) is 8.20. The van der Waals surface area contributed by atoms with Crippen LogP contribution in [0.5, 0.6) is 0 Å². The zero-order valence-electron chi connectivity index (χ0n) is 13.9. The normalized spacial score (nSPS) is 37.8. The first-order chi connectivity index (χ1) is 10.8. The van der Waals surface area contributed by atoms with Gasteiger partial charge in [0.05, 0.1) is 5.92 Å². The smallest absolute Gasteiger partial charge is 0.313 e. The second-order valence-corrected chi connectivity index (χ2v) is 9.11. The van der Waals surface area contributed by atoms with E-state index in [4.69, 9.17) is 4.74 Å². The molecule has 1 heterocycles. The average molecular weight is 375 g/mol. The molecule has 2 fully saturated rings. The van der Waals surface area contributed by atoms with Crippen LogP contribution in [0.15, 0.2) is 40.4 Å². The van der Waals surface area contributed by atoms with Crippen molar-refractivity contribution in [2.75, 3.05) is 0 Å². The Kier molecular flexibility index (Phi) is 3.32. The van der Waals surface area contributed by atoms with E-state index in [1.54, 1.807) is 0 Å². The van der Waals surface area contributed by atoms with E-state index in [0.29, 0.717) is 0 Å². The third-order valence-corrected chi connectivity index (χ3v) is 6.88. The van der Waals surface area contributed by atoms with Gasteiger partial charge in [0, 0.05) is 10.4 Å². The largest absolute Gasteiger partial charge is 0.457 e. The zero-order chi connectivity index (χ0) is 16.4. The van der Waals surface area contributed by atoms with Crippen molar-refractivity contribution in [3.05, 3.63) is 46.0 Å². The summed E-state index contributed by atoms with van der Waals surface area (Å²) < 4.78 is 6.89. The molecule has 3 aliphatic rings. The number of esters is 1. The maximum Gasteiger partial charge on any atom is 0.313 e. The van der Waals surface area contributed by atoms with Crippen molar-refractivity contribution >= 4 is 21.9 Å². The summed E-state index contributed by atoms with van der Waals surface area (Å²) in [6.45, 7) is 7.02. The standard InChI is InChI=1S/C20H23BrO2/c1-19(2)9-4-10-20(3)15(19)11-14-16(20)17(23-18(14)22)12-5-7-13(21)8-6-12/h5-8,11,14,16-17H,4,9-10H2,1-3H3/t14-,16+,17-,20+/m1/s1. The van der Waals surface area contributed by atoms with Gasteiger partial charge in [-0.15, -0.1) is 0 Å². The molecule has 2 nitrogen and oxygen atoms in total. The molecular weight excluding hydrogens is 352 g/mol. The number of carbonyl (C=O) groups excluding carboxylic acids is 1. The topological polar surface area (TPSA) is 26.3 Å². The minimum absolute atomic E-state index is 0.0400. The fourth-order valence-corrected chi connectivity index (χ4v) is 5.59. The highest BCUT2D eigenvalue weighted by Crippen LogP contribution is 2.65. The van der Waals surface area contributed by atoms with Gasteiger partial charge >= 0.3 is 5.97 Å². The zero-order valence-corrected chi connectivity index (χ0v) is 15.5. The van der Waals surface area contributed by atoms with E-state index >= 15 is 0 Å². The Morgan fingerprint density at radius 3 is 2.52 bits per heavy atom. The van der Waals surface area contributed by atoms with Gasteiger partial charge in [-0.05, 0) is 41.4 Å². The molecule has 4 atom stereocenters. The van der Waals surface area contributed by atoms with E-state index in [-0.39, 0.29) is 34.7 Å². The number of fused-ring (bicyclic) bond motifs is 3. The first-order valence-corrected chi connectivity index (χ1v) is 9.31. The summed E-state index contributed by atoms with van der Waals surface area (Å²) in [5, 5.41) is 0. The summed E-state index contributed by atoms with van der Waals surface area (Å²) in [5.74, 6) is 0.133. The van der Waals surface area contributed by atoms with Crippen LogP contribution in [0.4, 0.5) is 0 Å². The van der Waals surface area contributed by atoms with Gasteiger partial charge in [0.25, 0.3) is 0 Å². The molecule has 0 bridgehead atoms. The molecule has 0 N–H and O–H groups in total. The molecule has 122 valence electrons.